The lowest BCUT2D eigenvalue weighted by molar-refractivity contribution is 0.116. The summed E-state index contributed by atoms with van der Waals surface area (Å²) in [5.74, 6) is 0.217. The molecular formula is C12H27N3O2. The zero-order valence-corrected chi connectivity index (χ0v) is 11.4. The first-order valence-electron chi connectivity index (χ1n) is 6.16. The van der Waals surface area contributed by atoms with Gasteiger partial charge in [0.25, 0.3) is 0 Å². The molecule has 2 unspecified atom stereocenters. The van der Waals surface area contributed by atoms with E-state index in [0.717, 1.165) is 12.8 Å². The minimum Gasteiger partial charge on any atom is -0.409 e. The summed E-state index contributed by atoms with van der Waals surface area (Å²) in [7, 11) is 0. The molecule has 5 heteroatoms. The van der Waals surface area contributed by atoms with Crippen LogP contribution in [0.25, 0.3) is 0 Å². The van der Waals surface area contributed by atoms with Crippen molar-refractivity contribution >= 4 is 5.84 Å². The third-order valence-corrected chi connectivity index (χ3v) is 2.57. The summed E-state index contributed by atoms with van der Waals surface area (Å²) < 4.78 is 0. The van der Waals surface area contributed by atoms with Gasteiger partial charge in [0, 0.05) is 19.0 Å². The first-order chi connectivity index (χ1) is 7.78. The fourth-order valence-corrected chi connectivity index (χ4v) is 1.74. The molecule has 0 aromatic carbocycles. The Kier molecular flexibility index (Phi) is 7.15. The molecule has 0 aliphatic rings. The van der Waals surface area contributed by atoms with E-state index in [1.54, 1.807) is 0 Å². The molecule has 0 aliphatic heterocycles. The van der Waals surface area contributed by atoms with Crippen LogP contribution in [0.3, 0.4) is 0 Å². The number of hydrogen-bond acceptors (Lipinski definition) is 4. The van der Waals surface area contributed by atoms with Crippen LogP contribution in [0.2, 0.25) is 0 Å². The van der Waals surface area contributed by atoms with Gasteiger partial charge in [-0.05, 0) is 18.3 Å². The molecular weight excluding hydrogens is 218 g/mol. The zero-order valence-electron chi connectivity index (χ0n) is 11.4. The van der Waals surface area contributed by atoms with E-state index in [9.17, 15) is 5.11 Å². The number of hydrogen-bond donors (Lipinski definition) is 4. The molecule has 5 N–H and O–H groups in total. The van der Waals surface area contributed by atoms with Crippen LogP contribution in [-0.4, -0.2) is 34.8 Å². The summed E-state index contributed by atoms with van der Waals surface area (Å²) in [6, 6.07) is 0.139. The average Bonchev–Trinajstić information content (AvgIpc) is 2.21. The largest absolute Gasteiger partial charge is 0.409 e. The highest BCUT2D eigenvalue weighted by molar-refractivity contribution is 5.80. The van der Waals surface area contributed by atoms with Gasteiger partial charge in [0.2, 0.25) is 0 Å². The van der Waals surface area contributed by atoms with Gasteiger partial charge in [0.1, 0.15) is 5.84 Å². The second-order valence-corrected chi connectivity index (χ2v) is 5.73. The van der Waals surface area contributed by atoms with Gasteiger partial charge in [-0.25, -0.2) is 0 Å². The van der Waals surface area contributed by atoms with Crippen molar-refractivity contribution in [3.8, 4) is 0 Å². The lowest BCUT2D eigenvalue weighted by Gasteiger charge is -2.24. The summed E-state index contributed by atoms with van der Waals surface area (Å²) in [5.41, 5.74) is 5.57. The van der Waals surface area contributed by atoms with Gasteiger partial charge in [-0.2, -0.15) is 0 Å². The van der Waals surface area contributed by atoms with Crippen molar-refractivity contribution in [3.63, 3.8) is 0 Å². The zero-order chi connectivity index (χ0) is 13.5. The fourth-order valence-electron chi connectivity index (χ4n) is 1.74. The molecule has 0 amide bonds. The average molecular weight is 245 g/mol. The number of amidine groups is 1. The summed E-state index contributed by atoms with van der Waals surface area (Å²) >= 11 is 0. The molecule has 0 spiro atoms. The van der Waals surface area contributed by atoms with Crippen molar-refractivity contribution in [1.29, 1.82) is 0 Å². The number of nitrogens with two attached hydrogens (primary N) is 1. The quantitative estimate of drug-likeness (QED) is 0.235. The Hall–Kier alpha value is -0.810. The Labute approximate surface area is 104 Å². The van der Waals surface area contributed by atoms with Crippen molar-refractivity contribution in [2.24, 2.45) is 16.3 Å². The maximum atomic E-state index is 9.85. The highest BCUT2D eigenvalue weighted by atomic mass is 16.4. The van der Waals surface area contributed by atoms with E-state index in [4.69, 9.17) is 10.9 Å². The van der Waals surface area contributed by atoms with Crippen LogP contribution in [0.1, 0.15) is 47.0 Å². The van der Waals surface area contributed by atoms with E-state index in [2.05, 4.69) is 31.2 Å². The molecule has 0 rings (SSSR count). The van der Waals surface area contributed by atoms with Crippen LogP contribution >= 0.6 is 0 Å². The van der Waals surface area contributed by atoms with E-state index in [-0.39, 0.29) is 23.4 Å². The lowest BCUT2D eigenvalue weighted by Crippen LogP contribution is -2.39. The smallest absolute Gasteiger partial charge is 0.140 e. The van der Waals surface area contributed by atoms with Gasteiger partial charge < -0.3 is 21.4 Å². The van der Waals surface area contributed by atoms with Gasteiger partial charge in [-0.1, -0.05) is 32.9 Å². The highest BCUT2D eigenvalue weighted by Gasteiger charge is 2.17. The first-order valence-corrected chi connectivity index (χ1v) is 6.16. The topological polar surface area (TPSA) is 90.9 Å². The van der Waals surface area contributed by atoms with Crippen LogP contribution in [0.5, 0.6) is 0 Å². The Morgan fingerprint density at radius 3 is 2.41 bits per heavy atom. The Balaban J connectivity index is 3.98. The van der Waals surface area contributed by atoms with E-state index in [0.29, 0.717) is 13.0 Å². The summed E-state index contributed by atoms with van der Waals surface area (Å²) in [5, 5.41) is 24.5. The normalized spacial score (nSPS) is 16.9. The molecule has 17 heavy (non-hydrogen) atoms. The molecule has 5 nitrogen and oxygen atoms in total. The molecule has 2 atom stereocenters. The predicted molar refractivity (Wildman–Crippen MR) is 70.2 cm³/mol. The molecule has 0 aromatic rings. The molecule has 0 bridgehead atoms. The van der Waals surface area contributed by atoms with Crippen molar-refractivity contribution in [3.05, 3.63) is 0 Å². The van der Waals surface area contributed by atoms with Crippen molar-refractivity contribution in [2.75, 3.05) is 6.54 Å². The van der Waals surface area contributed by atoms with E-state index >= 15 is 0 Å². The van der Waals surface area contributed by atoms with Gasteiger partial charge in [-0.15, -0.1) is 0 Å². The van der Waals surface area contributed by atoms with Crippen LogP contribution in [0, 0.1) is 5.41 Å². The second kappa shape index (κ2) is 7.50. The van der Waals surface area contributed by atoms with Gasteiger partial charge in [0.05, 0.1) is 6.10 Å². The maximum Gasteiger partial charge on any atom is 0.140 e. The van der Waals surface area contributed by atoms with Crippen molar-refractivity contribution in [1.82, 2.24) is 5.32 Å². The fraction of sp³-hybridized carbons (Fsp3) is 0.917. The number of nitrogens with one attached hydrogen (secondary N) is 1. The molecule has 0 aromatic heterocycles. The highest BCUT2D eigenvalue weighted by Crippen LogP contribution is 2.20. The van der Waals surface area contributed by atoms with Crippen LogP contribution < -0.4 is 11.1 Å². The van der Waals surface area contributed by atoms with E-state index < -0.39 is 0 Å². The minimum absolute atomic E-state index is 0.119. The Morgan fingerprint density at radius 2 is 2.00 bits per heavy atom. The maximum absolute atomic E-state index is 9.85. The summed E-state index contributed by atoms with van der Waals surface area (Å²) in [4.78, 5) is 0. The van der Waals surface area contributed by atoms with Gasteiger partial charge in [0.15, 0.2) is 0 Å². The van der Waals surface area contributed by atoms with E-state index in [1.165, 1.54) is 0 Å². The molecule has 0 heterocycles. The summed E-state index contributed by atoms with van der Waals surface area (Å²) in [6.45, 7) is 8.87. The number of oxime groups is 1. The van der Waals surface area contributed by atoms with Crippen LogP contribution in [0.4, 0.5) is 0 Å². The lowest BCUT2D eigenvalue weighted by atomic mass is 9.89. The number of aliphatic hydroxyl groups excluding tert-OH is 1. The monoisotopic (exact) mass is 245 g/mol. The Bertz CT molecular complexity index is 236. The summed E-state index contributed by atoms with van der Waals surface area (Å²) in [6.07, 6.45) is 1.75. The van der Waals surface area contributed by atoms with E-state index in [1.807, 2.05) is 6.92 Å². The number of rotatable bonds is 7. The Morgan fingerprint density at radius 1 is 1.41 bits per heavy atom. The van der Waals surface area contributed by atoms with Gasteiger partial charge >= 0.3 is 0 Å². The standard InChI is InChI=1S/C12H27N3O2/c1-5-9(6-11(13)15-17)14-8-10(16)7-12(2,3)4/h9-10,14,16-17H,5-8H2,1-4H3,(H2,13,15). The minimum atomic E-state index is -0.365. The number of aliphatic hydroxyl groups is 1. The first kappa shape index (κ1) is 16.2. The molecule has 0 radical (unpaired) electrons. The van der Waals surface area contributed by atoms with Crippen LogP contribution in [-0.2, 0) is 0 Å². The molecule has 0 fully saturated rings. The van der Waals surface area contributed by atoms with Crippen molar-refractivity contribution < 1.29 is 10.3 Å². The second-order valence-electron chi connectivity index (χ2n) is 5.73. The van der Waals surface area contributed by atoms with Crippen LogP contribution in [0.15, 0.2) is 5.16 Å². The third kappa shape index (κ3) is 8.94. The van der Waals surface area contributed by atoms with Gasteiger partial charge in [-0.3, -0.25) is 0 Å². The van der Waals surface area contributed by atoms with Crippen molar-refractivity contribution in [2.45, 2.75) is 59.1 Å². The number of nitrogens with zero attached hydrogens (tertiary/aromatic N) is 1. The predicted octanol–water partition coefficient (Wildman–Crippen LogP) is 1.29. The SMILES string of the molecule is CCC(CC(N)=NO)NCC(O)CC(C)(C)C. The molecule has 0 saturated carbocycles. The third-order valence-electron chi connectivity index (χ3n) is 2.57. The molecule has 0 saturated heterocycles. The molecule has 102 valence electrons. The molecule has 0 aliphatic carbocycles.